The maximum absolute atomic E-state index is 14.3. The predicted molar refractivity (Wildman–Crippen MR) is 145 cm³/mol. The summed E-state index contributed by atoms with van der Waals surface area (Å²) in [6.07, 6.45) is 2.37. The van der Waals surface area contributed by atoms with Crippen molar-refractivity contribution in [2.45, 2.75) is 31.7 Å². The van der Waals surface area contributed by atoms with Crippen LogP contribution < -0.4 is 10.5 Å². The molecule has 2 aromatic carbocycles. The highest BCUT2D eigenvalue weighted by molar-refractivity contribution is 7.89. The van der Waals surface area contributed by atoms with Crippen LogP contribution in [0, 0.1) is 17.7 Å². The van der Waals surface area contributed by atoms with Crippen LogP contribution in [0.25, 0.3) is 10.8 Å². The zero-order valence-electron chi connectivity index (χ0n) is 21.7. The van der Waals surface area contributed by atoms with Crippen LogP contribution in [0.4, 0.5) is 10.1 Å². The summed E-state index contributed by atoms with van der Waals surface area (Å²) in [6, 6.07) is 13.1. The predicted octanol–water partition coefficient (Wildman–Crippen LogP) is 3.16. The van der Waals surface area contributed by atoms with Gasteiger partial charge in [-0.1, -0.05) is 44.2 Å². The fourth-order valence-electron chi connectivity index (χ4n) is 5.76. The van der Waals surface area contributed by atoms with E-state index in [2.05, 4.69) is 13.8 Å². The molecule has 1 aromatic heterocycles. The first-order chi connectivity index (χ1) is 18.1. The second-order valence-corrected chi connectivity index (χ2v) is 12.5. The van der Waals surface area contributed by atoms with E-state index in [0.29, 0.717) is 49.1 Å². The summed E-state index contributed by atoms with van der Waals surface area (Å²) in [7, 11) is -3.99. The summed E-state index contributed by atoms with van der Waals surface area (Å²) < 4.78 is 44.6. The molecule has 0 radical (unpaired) electrons. The number of aromatic nitrogens is 1. The molecule has 0 unspecified atom stereocenters. The van der Waals surface area contributed by atoms with Crippen LogP contribution in [0.15, 0.2) is 64.4 Å². The highest BCUT2D eigenvalue weighted by Crippen LogP contribution is 2.27. The maximum atomic E-state index is 14.3. The van der Waals surface area contributed by atoms with Crippen molar-refractivity contribution in [2.24, 2.45) is 11.8 Å². The second-order valence-electron chi connectivity index (χ2n) is 10.6. The van der Waals surface area contributed by atoms with Gasteiger partial charge in [-0.05, 0) is 36.5 Å². The quantitative estimate of drug-likeness (QED) is 0.497. The number of rotatable bonds is 5. The topological polar surface area (TPSA) is 82.9 Å². The van der Waals surface area contributed by atoms with Crippen molar-refractivity contribution in [3.8, 4) is 0 Å². The largest absolute Gasteiger partial charge is 0.367 e. The Hall–Kier alpha value is -3.24. The maximum Gasteiger partial charge on any atom is 0.258 e. The number of fused-ring (bicyclic) bond motifs is 1. The molecule has 0 saturated carbocycles. The van der Waals surface area contributed by atoms with Crippen molar-refractivity contribution in [1.29, 1.82) is 0 Å². The van der Waals surface area contributed by atoms with E-state index in [0.717, 1.165) is 6.42 Å². The number of piperidine rings is 1. The van der Waals surface area contributed by atoms with Crippen LogP contribution in [0.5, 0.6) is 0 Å². The van der Waals surface area contributed by atoms with E-state index in [9.17, 15) is 22.4 Å². The normalized spacial score (nSPS) is 21.1. The molecule has 8 nitrogen and oxygen atoms in total. The number of piperazine rings is 1. The highest BCUT2D eigenvalue weighted by atomic mass is 32.2. The Morgan fingerprint density at radius 2 is 1.53 bits per heavy atom. The molecule has 3 heterocycles. The number of pyridine rings is 1. The van der Waals surface area contributed by atoms with Crippen LogP contribution in [0.2, 0.25) is 0 Å². The SMILES string of the molecule is C[C@@H]1C[C@@H](C)CN(C(=O)Cn2cc(S(=O)(=O)N3CCN(c4ccccc4F)CC3)c3ccccc3c2=O)C1. The molecular formula is C28H33FN4O4S. The average Bonchev–Trinajstić information content (AvgIpc) is 2.90. The summed E-state index contributed by atoms with van der Waals surface area (Å²) in [5, 5.41) is 0.588. The summed E-state index contributed by atoms with van der Waals surface area (Å²) in [5.74, 6) is 0.205. The third-order valence-electron chi connectivity index (χ3n) is 7.53. The van der Waals surface area contributed by atoms with Gasteiger partial charge in [0.2, 0.25) is 15.9 Å². The number of benzene rings is 2. The van der Waals surface area contributed by atoms with Gasteiger partial charge < -0.3 is 14.4 Å². The number of nitrogens with zero attached hydrogens (tertiary/aromatic N) is 4. The smallest absolute Gasteiger partial charge is 0.258 e. The number of halogens is 1. The minimum absolute atomic E-state index is 0.000205. The summed E-state index contributed by atoms with van der Waals surface area (Å²) in [5.41, 5.74) is 0.0544. The molecule has 2 fully saturated rings. The first-order valence-corrected chi connectivity index (χ1v) is 14.5. The fourth-order valence-corrected chi connectivity index (χ4v) is 7.40. The molecule has 5 rings (SSSR count). The van der Waals surface area contributed by atoms with Gasteiger partial charge in [0, 0.05) is 56.2 Å². The van der Waals surface area contributed by atoms with E-state index in [4.69, 9.17) is 0 Å². The van der Waals surface area contributed by atoms with Gasteiger partial charge in [0.1, 0.15) is 17.3 Å². The molecule has 0 bridgehead atoms. The van der Waals surface area contributed by atoms with Gasteiger partial charge in [-0.15, -0.1) is 0 Å². The van der Waals surface area contributed by atoms with Crippen LogP contribution in [-0.4, -0.2) is 67.4 Å². The number of sulfonamides is 1. The molecule has 3 aromatic rings. The average molecular weight is 541 g/mol. The molecule has 202 valence electrons. The van der Waals surface area contributed by atoms with Crippen molar-refractivity contribution >= 4 is 32.4 Å². The standard InChI is InChI=1S/C28H33FN4O4S/c1-20-15-21(2)17-31(16-20)27(34)19-32-18-26(22-7-3-4-8-23(22)28(32)35)38(36,37)33-13-11-30(12-14-33)25-10-6-5-9-24(25)29/h3-10,18,20-21H,11-17,19H2,1-2H3/t20-,21-/m1/s1. The van der Waals surface area contributed by atoms with Gasteiger partial charge >= 0.3 is 0 Å². The Labute approximate surface area is 222 Å². The van der Waals surface area contributed by atoms with Crippen molar-refractivity contribution in [2.75, 3.05) is 44.2 Å². The van der Waals surface area contributed by atoms with Gasteiger partial charge in [-0.2, -0.15) is 4.31 Å². The summed E-state index contributed by atoms with van der Waals surface area (Å²) in [6.45, 7) is 6.27. The van der Waals surface area contributed by atoms with E-state index in [1.54, 1.807) is 47.4 Å². The van der Waals surface area contributed by atoms with Gasteiger partial charge in [0.15, 0.2) is 0 Å². The van der Waals surface area contributed by atoms with Gasteiger partial charge in [0.05, 0.1) is 5.69 Å². The molecular weight excluding hydrogens is 507 g/mol. The first kappa shape index (κ1) is 26.4. The molecule has 0 N–H and O–H groups in total. The van der Waals surface area contributed by atoms with Crippen molar-refractivity contribution in [1.82, 2.24) is 13.8 Å². The van der Waals surface area contributed by atoms with E-state index in [1.807, 2.05) is 4.90 Å². The van der Waals surface area contributed by atoms with Crippen LogP contribution in [0.1, 0.15) is 20.3 Å². The molecule has 0 spiro atoms. The Kier molecular flexibility index (Phi) is 7.28. The van der Waals surface area contributed by atoms with Crippen molar-refractivity contribution < 1.29 is 17.6 Å². The van der Waals surface area contributed by atoms with E-state index >= 15 is 0 Å². The van der Waals surface area contributed by atoms with Crippen LogP contribution in [0.3, 0.4) is 0 Å². The lowest BCUT2D eigenvalue weighted by Gasteiger charge is -2.36. The number of carbonyl (C=O) groups excluding carboxylic acids is 1. The molecule has 2 aliphatic rings. The van der Waals surface area contributed by atoms with E-state index < -0.39 is 15.6 Å². The fraction of sp³-hybridized carbons (Fsp3) is 0.429. The van der Waals surface area contributed by atoms with Gasteiger partial charge in [0.25, 0.3) is 5.56 Å². The Bertz CT molecular complexity index is 1500. The number of likely N-dealkylation sites (tertiary alicyclic amines) is 1. The lowest BCUT2D eigenvalue weighted by atomic mass is 9.92. The molecule has 2 atom stereocenters. The number of anilines is 1. The third kappa shape index (κ3) is 5.07. The van der Waals surface area contributed by atoms with Crippen molar-refractivity contribution in [3.63, 3.8) is 0 Å². The first-order valence-electron chi connectivity index (χ1n) is 13.0. The minimum atomic E-state index is -3.99. The summed E-state index contributed by atoms with van der Waals surface area (Å²) in [4.78, 5) is 30.1. The zero-order valence-corrected chi connectivity index (χ0v) is 22.5. The summed E-state index contributed by atoms with van der Waals surface area (Å²) >= 11 is 0. The number of hydrogen-bond acceptors (Lipinski definition) is 5. The second kappa shape index (κ2) is 10.5. The molecule has 0 aliphatic carbocycles. The molecule has 2 aliphatic heterocycles. The lowest BCUT2D eigenvalue weighted by molar-refractivity contribution is -0.134. The third-order valence-corrected chi connectivity index (χ3v) is 9.46. The monoisotopic (exact) mass is 540 g/mol. The number of carbonyl (C=O) groups is 1. The van der Waals surface area contributed by atoms with Crippen LogP contribution in [-0.2, 0) is 21.4 Å². The minimum Gasteiger partial charge on any atom is -0.367 e. The lowest BCUT2D eigenvalue weighted by Crippen LogP contribution is -2.49. The number of hydrogen-bond donors (Lipinski definition) is 0. The Morgan fingerprint density at radius 3 is 2.18 bits per heavy atom. The molecule has 2 saturated heterocycles. The Morgan fingerprint density at radius 1 is 0.921 bits per heavy atom. The van der Waals surface area contributed by atoms with E-state index in [-0.39, 0.29) is 41.6 Å². The van der Waals surface area contributed by atoms with Crippen LogP contribution >= 0.6 is 0 Å². The molecule has 10 heteroatoms. The Balaban J connectivity index is 1.44. The highest BCUT2D eigenvalue weighted by Gasteiger charge is 2.32. The van der Waals surface area contributed by atoms with Gasteiger partial charge in [-0.3, -0.25) is 9.59 Å². The zero-order chi connectivity index (χ0) is 27.0. The van der Waals surface area contributed by atoms with Gasteiger partial charge in [-0.25, -0.2) is 12.8 Å². The van der Waals surface area contributed by atoms with Crippen molar-refractivity contribution in [3.05, 3.63) is 70.9 Å². The molecule has 1 amide bonds. The van der Waals surface area contributed by atoms with E-state index in [1.165, 1.54) is 21.1 Å². The molecule has 38 heavy (non-hydrogen) atoms. The number of para-hydroxylation sites is 1. The number of amides is 1.